The highest BCUT2D eigenvalue weighted by molar-refractivity contribution is 7.80. The van der Waals surface area contributed by atoms with Gasteiger partial charge in [-0.15, -0.1) is 0 Å². The minimum atomic E-state index is -0.216. The van der Waals surface area contributed by atoms with E-state index < -0.39 is 0 Å². The number of ether oxygens (including phenoxy) is 1. The van der Waals surface area contributed by atoms with E-state index in [9.17, 15) is 4.79 Å². The molecule has 20 heavy (non-hydrogen) atoms. The number of amides is 1. The van der Waals surface area contributed by atoms with E-state index in [0.29, 0.717) is 10.7 Å². The van der Waals surface area contributed by atoms with E-state index in [0.717, 1.165) is 31.7 Å². The Morgan fingerprint density at radius 2 is 1.80 bits per heavy atom. The van der Waals surface area contributed by atoms with Crippen molar-refractivity contribution in [3.05, 3.63) is 29.8 Å². The molecule has 108 valence electrons. The number of likely N-dealkylation sites (tertiary alicyclic amines) is 1. The van der Waals surface area contributed by atoms with Gasteiger partial charge in [0.25, 0.3) is 5.91 Å². The van der Waals surface area contributed by atoms with Gasteiger partial charge in [0, 0.05) is 18.7 Å². The van der Waals surface area contributed by atoms with Crippen LogP contribution in [0.5, 0.6) is 5.75 Å². The Bertz CT molecular complexity index is 470. The summed E-state index contributed by atoms with van der Waals surface area (Å²) in [6, 6.07) is 6.91. The second-order valence-electron chi connectivity index (χ2n) is 4.66. The van der Waals surface area contributed by atoms with E-state index in [1.165, 1.54) is 6.42 Å². The van der Waals surface area contributed by atoms with Crippen molar-refractivity contribution in [2.75, 3.05) is 20.2 Å². The van der Waals surface area contributed by atoms with Gasteiger partial charge >= 0.3 is 0 Å². The molecular formula is C14H19N3O2S. The Hall–Kier alpha value is -1.82. The monoisotopic (exact) mass is 293 g/mol. The average Bonchev–Trinajstić information content (AvgIpc) is 2.53. The molecule has 2 N–H and O–H groups in total. The van der Waals surface area contributed by atoms with Crippen LogP contribution in [-0.2, 0) is 0 Å². The van der Waals surface area contributed by atoms with Gasteiger partial charge in [-0.25, -0.2) is 0 Å². The van der Waals surface area contributed by atoms with Gasteiger partial charge in [-0.2, -0.15) is 0 Å². The van der Waals surface area contributed by atoms with Gasteiger partial charge in [-0.1, -0.05) is 0 Å². The maximum absolute atomic E-state index is 11.9. The van der Waals surface area contributed by atoms with Crippen LogP contribution in [0.25, 0.3) is 0 Å². The lowest BCUT2D eigenvalue weighted by molar-refractivity contribution is 0.0942. The lowest BCUT2D eigenvalue weighted by atomic mass is 10.1. The van der Waals surface area contributed by atoms with Crippen molar-refractivity contribution in [1.29, 1.82) is 0 Å². The van der Waals surface area contributed by atoms with E-state index in [-0.39, 0.29) is 5.91 Å². The van der Waals surface area contributed by atoms with Crippen molar-refractivity contribution in [2.45, 2.75) is 19.3 Å². The van der Waals surface area contributed by atoms with Crippen LogP contribution in [0.15, 0.2) is 24.3 Å². The number of rotatable bonds is 2. The number of piperidine rings is 1. The summed E-state index contributed by atoms with van der Waals surface area (Å²) in [4.78, 5) is 14.0. The summed E-state index contributed by atoms with van der Waals surface area (Å²) < 4.78 is 5.05. The highest BCUT2D eigenvalue weighted by Crippen LogP contribution is 2.11. The molecule has 6 heteroatoms. The molecule has 0 bridgehead atoms. The van der Waals surface area contributed by atoms with Crippen molar-refractivity contribution >= 4 is 23.2 Å². The molecule has 0 atom stereocenters. The van der Waals surface area contributed by atoms with Crippen LogP contribution in [0.2, 0.25) is 0 Å². The number of thiocarbonyl (C=S) groups is 1. The molecule has 1 heterocycles. The summed E-state index contributed by atoms with van der Waals surface area (Å²) in [5.74, 6) is 0.505. The highest BCUT2D eigenvalue weighted by Gasteiger charge is 2.14. The largest absolute Gasteiger partial charge is 0.497 e. The zero-order valence-corrected chi connectivity index (χ0v) is 12.3. The molecule has 0 spiro atoms. The zero-order valence-electron chi connectivity index (χ0n) is 11.5. The van der Waals surface area contributed by atoms with Crippen molar-refractivity contribution < 1.29 is 9.53 Å². The van der Waals surface area contributed by atoms with Gasteiger partial charge in [0.1, 0.15) is 5.75 Å². The Kier molecular flexibility index (Phi) is 5.17. The molecule has 1 amide bonds. The van der Waals surface area contributed by atoms with Gasteiger partial charge in [0.2, 0.25) is 0 Å². The molecule has 0 aliphatic carbocycles. The van der Waals surface area contributed by atoms with E-state index >= 15 is 0 Å². The number of carbonyl (C=O) groups excluding carboxylic acids is 1. The molecule has 0 unspecified atom stereocenters. The van der Waals surface area contributed by atoms with Crippen LogP contribution in [0.4, 0.5) is 0 Å². The topological polar surface area (TPSA) is 53.6 Å². The SMILES string of the molecule is COc1ccc(C(=O)NNC(=S)N2CCCCC2)cc1. The predicted octanol–water partition coefficient (Wildman–Crippen LogP) is 1.70. The summed E-state index contributed by atoms with van der Waals surface area (Å²) in [5.41, 5.74) is 5.98. The number of nitrogens with one attached hydrogen (secondary N) is 2. The van der Waals surface area contributed by atoms with Crippen molar-refractivity contribution in [3.63, 3.8) is 0 Å². The van der Waals surface area contributed by atoms with E-state index in [1.54, 1.807) is 31.4 Å². The van der Waals surface area contributed by atoms with Gasteiger partial charge < -0.3 is 9.64 Å². The summed E-state index contributed by atoms with van der Waals surface area (Å²) in [5, 5.41) is 0.576. The number of hydrazine groups is 1. The third-order valence-corrected chi connectivity index (χ3v) is 3.64. The third-order valence-electron chi connectivity index (χ3n) is 3.28. The molecule has 1 saturated heterocycles. The maximum atomic E-state index is 11.9. The van der Waals surface area contributed by atoms with Crippen LogP contribution in [0, 0.1) is 0 Å². The summed E-state index contributed by atoms with van der Waals surface area (Å²) >= 11 is 5.26. The molecule has 0 radical (unpaired) electrons. The number of hydrogen-bond donors (Lipinski definition) is 2. The summed E-state index contributed by atoms with van der Waals surface area (Å²) in [6.45, 7) is 1.90. The second-order valence-corrected chi connectivity index (χ2v) is 5.05. The minimum Gasteiger partial charge on any atom is -0.497 e. The first-order valence-corrected chi connectivity index (χ1v) is 7.11. The second kappa shape index (κ2) is 7.09. The fourth-order valence-electron chi connectivity index (χ4n) is 2.10. The number of hydrogen-bond acceptors (Lipinski definition) is 3. The first kappa shape index (κ1) is 14.6. The van der Waals surface area contributed by atoms with Gasteiger partial charge in [-0.05, 0) is 55.7 Å². The van der Waals surface area contributed by atoms with Crippen LogP contribution in [0.3, 0.4) is 0 Å². The average molecular weight is 293 g/mol. The van der Waals surface area contributed by atoms with Crippen LogP contribution in [-0.4, -0.2) is 36.1 Å². The normalized spacial score (nSPS) is 14.6. The molecule has 1 aromatic rings. The lowest BCUT2D eigenvalue weighted by Crippen LogP contribution is -2.50. The smallest absolute Gasteiger partial charge is 0.269 e. The van der Waals surface area contributed by atoms with Gasteiger partial charge in [0.05, 0.1) is 7.11 Å². The Balaban J connectivity index is 1.83. The Morgan fingerprint density at radius 3 is 2.40 bits per heavy atom. The molecule has 2 rings (SSSR count). The molecule has 5 nitrogen and oxygen atoms in total. The molecule has 1 fully saturated rings. The molecule has 0 saturated carbocycles. The van der Waals surface area contributed by atoms with Crippen LogP contribution < -0.4 is 15.6 Å². The molecule has 1 aromatic carbocycles. The lowest BCUT2D eigenvalue weighted by Gasteiger charge is -2.29. The standard InChI is InChI=1S/C14H19N3O2S/c1-19-12-7-5-11(6-8-12)13(18)15-16-14(20)17-9-3-2-4-10-17/h5-8H,2-4,9-10H2,1H3,(H,15,18)(H,16,20). The van der Waals surface area contributed by atoms with Crippen molar-refractivity contribution in [2.24, 2.45) is 0 Å². The number of nitrogens with zero attached hydrogens (tertiary/aromatic N) is 1. The Labute approximate surface area is 124 Å². The first-order valence-electron chi connectivity index (χ1n) is 6.70. The number of benzene rings is 1. The van der Waals surface area contributed by atoms with E-state index in [1.807, 2.05) is 0 Å². The fourth-order valence-corrected chi connectivity index (χ4v) is 2.33. The molecule has 1 aliphatic heterocycles. The first-order chi connectivity index (χ1) is 9.70. The summed E-state index contributed by atoms with van der Waals surface area (Å²) in [6.07, 6.45) is 3.54. The summed E-state index contributed by atoms with van der Waals surface area (Å²) in [7, 11) is 1.59. The van der Waals surface area contributed by atoms with Gasteiger partial charge in [0.15, 0.2) is 5.11 Å². The highest BCUT2D eigenvalue weighted by atomic mass is 32.1. The molecule has 1 aliphatic rings. The van der Waals surface area contributed by atoms with Crippen molar-refractivity contribution in [3.8, 4) is 5.75 Å². The third kappa shape index (κ3) is 3.84. The van der Waals surface area contributed by atoms with E-state index in [4.69, 9.17) is 17.0 Å². The molecular weight excluding hydrogens is 274 g/mol. The number of carbonyl (C=O) groups is 1. The van der Waals surface area contributed by atoms with Crippen LogP contribution >= 0.6 is 12.2 Å². The minimum absolute atomic E-state index is 0.216. The zero-order chi connectivity index (χ0) is 14.4. The van der Waals surface area contributed by atoms with Gasteiger partial charge in [-0.3, -0.25) is 15.6 Å². The fraction of sp³-hybridized carbons (Fsp3) is 0.429. The molecule has 0 aromatic heterocycles. The van der Waals surface area contributed by atoms with Crippen molar-refractivity contribution in [1.82, 2.24) is 15.8 Å². The predicted molar refractivity (Wildman–Crippen MR) is 81.6 cm³/mol. The quantitative estimate of drug-likeness (QED) is 0.642. The Morgan fingerprint density at radius 1 is 1.15 bits per heavy atom. The maximum Gasteiger partial charge on any atom is 0.269 e. The van der Waals surface area contributed by atoms with Crippen LogP contribution in [0.1, 0.15) is 29.6 Å². The number of methoxy groups -OCH3 is 1. The van der Waals surface area contributed by atoms with E-state index in [2.05, 4.69) is 15.8 Å².